The quantitative estimate of drug-likeness (QED) is 0.393. The van der Waals surface area contributed by atoms with E-state index in [4.69, 9.17) is 0 Å². The van der Waals surface area contributed by atoms with Crippen LogP contribution in [0.5, 0.6) is 0 Å². The van der Waals surface area contributed by atoms with E-state index in [1.165, 1.54) is 7.11 Å². The van der Waals surface area contributed by atoms with Gasteiger partial charge < -0.3 is 14.8 Å². The third-order valence-electron chi connectivity index (χ3n) is 2.45. The number of hydrogen-bond donors (Lipinski definition) is 1. The molecule has 1 unspecified atom stereocenters. The molecular formula is C12H21NO4. The Morgan fingerprint density at radius 3 is 2.29 bits per heavy atom. The van der Waals surface area contributed by atoms with Crippen LogP contribution >= 0.6 is 0 Å². The highest BCUT2D eigenvalue weighted by atomic mass is 16.5. The lowest BCUT2D eigenvalue weighted by atomic mass is 10.1. The Bertz CT molecular complexity index is 263. The van der Waals surface area contributed by atoms with Crippen molar-refractivity contribution < 1.29 is 19.1 Å². The highest BCUT2D eigenvalue weighted by Gasteiger charge is 2.14. The molecule has 0 saturated heterocycles. The minimum Gasteiger partial charge on any atom is -0.469 e. The van der Waals surface area contributed by atoms with Gasteiger partial charge in [-0.1, -0.05) is 13.8 Å². The van der Waals surface area contributed by atoms with E-state index >= 15 is 0 Å². The first-order chi connectivity index (χ1) is 8.01. The zero-order valence-corrected chi connectivity index (χ0v) is 10.7. The molecule has 0 fully saturated rings. The lowest BCUT2D eigenvalue weighted by Crippen LogP contribution is -2.39. The molecule has 0 aromatic heterocycles. The molecule has 1 amide bonds. The topological polar surface area (TPSA) is 72.5 Å². The number of carbonyl (C=O) groups is 3. The van der Waals surface area contributed by atoms with Gasteiger partial charge in [0, 0.05) is 12.8 Å². The van der Waals surface area contributed by atoms with Crippen molar-refractivity contribution in [3.8, 4) is 0 Å². The highest BCUT2D eigenvalue weighted by molar-refractivity contribution is 5.79. The Labute approximate surface area is 102 Å². The molecule has 5 nitrogen and oxygen atoms in total. The summed E-state index contributed by atoms with van der Waals surface area (Å²) >= 11 is 0. The lowest BCUT2D eigenvalue weighted by molar-refractivity contribution is -0.140. The summed E-state index contributed by atoms with van der Waals surface area (Å²) in [6.07, 6.45) is 2.63. The maximum Gasteiger partial charge on any atom is 0.305 e. The third-order valence-corrected chi connectivity index (χ3v) is 2.45. The zero-order valence-electron chi connectivity index (χ0n) is 10.7. The fourth-order valence-corrected chi connectivity index (χ4v) is 1.27. The van der Waals surface area contributed by atoms with Gasteiger partial charge in [-0.05, 0) is 18.8 Å². The summed E-state index contributed by atoms with van der Waals surface area (Å²) in [6, 6.07) is -0.428. The molecule has 1 N–H and O–H groups in total. The highest BCUT2D eigenvalue weighted by Crippen LogP contribution is 2.03. The van der Waals surface area contributed by atoms with E-state index in [1.54, 1.807) is 0 Å². The molecule has 0 heterocycles. The van der Waals surface area contributed by atoms with E-state index in [2.05, 4.69) is 10.1 Å². The van der Waals surface area contributed by atoms with E-state index in [0.717, 1.165) is 6.29 Å². The summed E-state index contributed by atoms with van der Waals surface area (Å²) in [5, 5.41) is 2.65. The molecule has 0 aromatic carbocycles. The first-order valence-corrected chi connectivity index (χ1v) is 5.82. The number of rotatable bonds is 8. The summed E-state index contributed by atoms with van der Waals surface area (Å²) in [5.41, 5.74) is 0. The van der Waals surface area contributed by atoms with Gasteiger partial charge in [-0.15, -0.1) is 0 Å². The maximum absolute atomic E-state index is 11.4. The molecule has 0 aromatic rings. The van der Waals surface area contributed by atoms with Gasteiger partial charge in [0.2, 0.25) is 5.91 Å². The second-order valence-corrected chi connectivity index (χ2v) is 4.26. The van der Waals surface area contributed by atoms with Gasteiger partial charge in [-0.3, -0.25) is 9.59 Å². The molecule has 0 aliphatic rings. The van der Waals surface area contributed by atoms with Crippen molar-refractivity contribution in [2.24, 2.45) is 5.92 Å². The van der Waals surface area contributed by atoms with Gasteiger partial charge in [0.15, 0.2) is 0 Å². The Kier molecular flexibility index (Phi) is 8.01. The number of nitrogens with one attached hydrogen (secondary N) is 1. The van der Waals surface area contributed by atoms with Crippen molar-refractivity contribution >= 4 is 18.2 Å². The van der Waals surface area contributed by atoms with Crippen molar-refractivity contribution in [2.45, 2.75) is 45.6 Å². The van der Waals surface area contributed by atoms with Crippen molar-refractivity contribution in [1.82, 2.24) is 5.32 Å². The van der Waals surface area contributed by atoms with Crippen LogP contribution in [0, 0.1) is 5.92 Å². The smallest absolute Gasteiger partial charge is 0.305 e. The molecule has 98 valence electrons. The third kappa shape index (κ3) is 7.49. The van der Waals surface area contributed by atoms with E-state index in [0.29, 0.717) is 25.7 Å². The molecule has 0 aliphatic heterocycles. The fourth-order valence-electron chi connectivity index (χ4n) is 1.27. The van der Waals surface area contributed by atoms with E-state index < -0.39 is 6.04 Å². The van der Waals surface area contributed by atoms with Gasteiger partial charge >= 0.3 is 5.97 Å². The number of methoxy groups -OCH3 is 1. The molecular weight excluding hydrogens is 222 g/mol. The summed E-state index contributed by atoms with van der Waals surface area (Å²) in [4.78, 5) is 32.9. The molecule has 0 rings (SSSR count). The molecule has 1 atom stereocenters. The van der Waals surface area contributed by atoms with Crippen molar-refractivity contribution in [2.75, 3.05) is 7.11 Å². The first kappa shape index (κ1) is 15.6. The summed E-state index contributed by atoms with van der Waals surface area (Å²) in [6.45, 7) is 3.74. The lowest BCUT2D eigenvalue weighted by Gasteiger charge is -2.15. The first-order valence-electron chi connectivity index (χ1n) is 5.82. The molecule has 17 heavy (non-hydrogen) atoms. The molecule has 5 heteroatoms. The Balaban J connectivity index is 3.72. The number of aldehydes is 1. The van der Waals surface area contributed by atoms with Crippen LogP contribution in [0.1, 0.15) is 39.5 Å². The number of ether oxygens (including phenoxy) is 1. The number of unbranched alkanes of at least 4 members (excludes halogenated alkanes) is 1. The second kappa shape index (κ2) is 8.73. The SMILES string of the molecule is COC(=O)CCCCC(=O)NC(C=O)C(C)C. The molecule has 0 radical (unpaired) electrons. The minimum atomic E-state index is -0.428. The van der Waals surface area contributed by atoms with Gasteiger partial charge in [0.1, 0.15) is 6.29 Å². The average molecular weight is 243 g/mol. The summed E-state index contributed by atoms with van der Waals surface area (Å²) < 4.78 is 4.48. The van der Waals surface area contributed by atoms with Gasteiger partial charge in [0.25, 0.3) is 0 Å². The van der Waals surface area contributed by atoms with Crippen LogP contribution in [-0.4, -0.2) is 31.3 Å². The van der Waals surface area contributed by atoms with Crippen LogP contribution in [-0.2, 0) is 19.1 Å². The summed E-state index contributed by atoms with van der Waals surface area (Å²) in [5.74, 6) is -0.328. The molecule has 0 spiro atoms. The monoisotopic (exact) mass is 243 g/mol. The van der Waals surface area contributed by atoms with E-state index in [9.17, 15) is 14.4 Å². The van der Waals surface area contributed by atoms with Gasteiger partial charge in [-0.25, -0.2) is 0 Å². The standard InChI is InChI=1S/C12H21NO4/c1-9(2)10(8-14)13-11(15)6-4-5-7-12(16)17-3/h8-10H,4-7H2,1-3H3,(H,13,15). The van der Waals surface area contributed by atoms with Crippen molar-refractivity contribution in [3.63, 3.8) is 0 Å². The zero-order chi connectivity index (χ0) is 13.3. The van der Waals surface area contributed by atoms with Crippen molar-refractivity contribution in [1.29, 1.82) is 0 Å². The molecule has 0 aliphatic carbocycles. The minimum absolute atomic E-state index is 0.0894. The fraction of sp³-hybridized carbons (Fsp3) is 0.750. The maximum atomic E-state index is 11.4. The van der Waals surface area contributed by atoms with Crippen LogP contribution in [0.4, 0.5) is 0 Å². The molecule has 0 bridgehead atoms. The second-order valence-electron chi connectivity index (χ2n) is 4.26. The Morgan fingerprint density at radius 1 is 1.24 bits per heavy atom. The van der Waals surface area contributed by atoms with Crippen LogP contribution in [0.25, 0.3) is 0 Å². The number of hydrogen-bond acceptors (Lipinski definition) is 4. The van der Waals surface area contributed by atoms with Crippen LogP contribution < -0.4 is 5.32 Å². The van der Waals surface area contributed by atoms with E-state index in [-0.39, 0.29) is 17.8 Å². The van der Waals surface area contributed by atoms with Gasteiger partial charge in [-0.2, -0.15) is 0 Å². The van der Waals surface area contributed by atoms with E-state index in [1.807, 2.05) is 13.8 Å². The van der Waals surface area contributed by atoms with Crippen LogP contribution in [0.2, 0.25) is 0 Å². The number of esters is 1. The van der Waals surface area contributed by atoms with Crippen LogP contribution in [0.15, 0.2) is 0 Å². The number of amides is 1. The van der Waals surface area contributed by atoms with Crippen LogP contribution in [0.3, 0.4) is 0 Å². The summed E-state index contributed by atoms with van der Waals surface area (Å²) in [7, 11) is 1.34. The Morgan fingerprint density at radius 2 is 1.82 bits per heavy atom. The Hall–Kier alpha value is -1.39. The normalized spacial score (nSPS) is 12.0. The average Bonchev–Trinajstić information content (AvgIpc) is 2.30. The van der Waals surface area contributed by atoms with Crippen molar-refractivity contribution in [3.05, 3.63) is 0 Å². The number of carbonyl (C=O) groups excluding carboxylic acids is 3. The predicted molar refractivity (Wildman–Crippen MR) is 63.3 cm³/mol. The largest absolute Gasteiger partial charge is 0.469 e. The molecule has 0 saturated carbocycles. The predicted octanol–water partition coefficient (Wildman–Crippen LogP) is 1.06. The van der Waals surface area contributed by atoms with Gasteiger partial charge in [0.05, 0.1) is 13.2 Å².